The zero-order chi connectivity index (χ0) is 44.0. The van der Waals surface area contributed by atoms with Crippen molar-refractivity contribution in [1.29, 1.82) is 0 Å². The van der Waals surface area contributed by atoms with Crippen LogP contribution in [0.2, 0.25) is 0 Å². The fourth-order valence-corrected chi connectivity index (χ4v) is 9.88. The van der Waals surface area contributed by atoms with Crippen molar-refractivity contribution < 1.29 is 4.42 Å². The zero-order valence-electron chi connectivity index (χ0n) is 36.7. The Morgan fingerprint density at radius 1 is 0.379 bits per heavy atom. The second kappa shape index (κ2) is 16.6. The number of benzene rings is 10. The third-order valence-electron chi connectivity index (χ3n) is 13.1. The molecule has 11 aromatic rings. The molecule has 66 heavy (non-hydrogen) atoms. The summed E-state index contributed by atoms with van der Waals surface area (Å²) < 4.78 is 6.95. The van der Waals surface area contributed by atoms with Crippen molar-refractivity contribution in [2.75, 3.05) is 9.80 Å². The lowest BCUT2D eigenvalue weighted by molar-refractivity contribution is 0.673. The van der Waals surface area contributed by atoms with E-state index in [9.17, 15) is 0 Å². The fourth-order valence-electron chi connectivity index (χ4n) is 9.88. The number of allylic oxidation sites excluding steroid dienone is 4. The highest BCUT2D eigenvalue weighted by Gasteiger charge is 2.20. The lowest BCUT2D eigenvalue weighted by Gasteiger charge is -2.26. The molecule has 3 heteroatoms. The van der Waals surface area contributed by atoms with Crippen molar-refractivity contribution in [3.63, 3.8) is 0 Å². The summed E-state index contributed by atoms with van der Waals surface area (Å²) in [5.41, 5.74) is 15.6. The first-order valence-corrected chi connectivity index (χ1v) is 22.9. The molecule has 1 atom stereocenters. The summed E-state index contributed by atoms with van der Waals surface area (Å²) in [4.78, 5) is 4.64. The van der Waals surface area contributed by atoms with Crippen LogP contribution in [0.15, 0.2) is 247 Å². The highest BCUT2D eigenvalue weighted by atomic mass is 16.3. The van der Waals surface area contributed by atoms with Gasteiger partial charge in [0.2, 0.25) is 0 Å². The highest BCUT2D eigenvalue weighted by Crippen LogP contribution is 2.45. The summed E-state index contributed by atoms with van der Waals surface area (Å²) >= 11 is 0. The molecular weight excluding hydrogens is 801 g/mol. The van der Waals surface area contributed by atoms with Crippen LogP contribution in [0.25, 0.3) is 71.3 Å². The minimum Gasteiger partial charge on any atom is -0.455 e. The number of para-hydroxylation sites is 2. The van der Waals surface area contributed by atoms with Gasteiger partial charge in [-0.05, 0) is 147 Å². The van der Waals surface area contributed by atoms with E-state index in [0.717, 1.165) is 79.0 Å². The molecule has 0 saturated heterocycles. The maximum atomic E-state index is 6.95. The minimum atomic E-state index is 0.543. The predicted octanol–water partition coefficient (Wildman–Crippen LogP) is 18.1. The van der Waals surface area contributed by atoms with Crippen molar-refractivity contribution in [3.05, 3.63) is 248 Å². The van der Waals surface area contributed by atoms with Crippen LogP contribution in [-0.4, -0.2) is 0 Å². The van der Waals surface area contributed by atoms with Gasteiger partial charge in [-0.2, -0.15) is 0 Å². The Kier molecular flexibility index (Phi) is 9.87. The normalized spacial score (nSPS) is 13.7. The van der Waals surface area contributed by atoms with Gasteiger partial charge in [0, 0.05) is 56.3 Å². The summed E-state index contributed by atoms with van der Waals surface area (Å²) in [7, 11) is 0. The van der Waals surface area contributed by atoms with Crippen LogP contribution >= 0.6 is 0 Å². The maximum absolute atomic E-state index is 6.95. The van der Waals surface area contributed by atoms with Gasteiger partial charge in [-0.3, -0.25) is 0 Å². The Labute approximate surface area is 385 Å². The molecule has 0 N–H and O–H groups in total. The summed E-state index contributed by atoms with van der Waals surface area (Å²) in [5, 5.41) is 6.93. The van der Waals surface area contributed by atoms with E-state index >= 15 is 0 Å². The second-order valence-corrected chi connectivity index (χ2v) is 17.4. The third kappa shape index (κ3) is 7.12. The number of furan rings is 1. The fraction of sp³-hybridized carbons (Fsp3) is 0.0476. The first-order chi connectivity index (χ1) is 32.6. The Balaban J connectivity index is 0.929. The Bertz CT molecular complexity index is 3550. The highest BCUT2D eigenvalue weighted by molar-refractivity contribution is 6.30. The van der Waals surface area contributed by atoms with Crippen LogP contribution in [0.3, 0.4) is 0 Å². The van der Waals surface area contributed by atoms with Gasteiger partial charge in [-0.25, -0.2) is 0 Å². The van der Waals surface area contributed by atoms with Crippen molar-refractivity contribution in [2.24, 2.45) is 5.92 Å². The van der Waals surface area contributed by atoms with Gasteiger partial charge in [-0.15, -0.1) is 0 Å². The number of nitrogens with zero attached hydrogens (tertiary/aromatic N) is 2. The Morgan fingerprint density at radius 3 is 1.47 bits per heavy atom. The van der Waals surface area contributed by atoms with E-state index in [-0.39, 0.29) is 0 Å². The van der Waals surface area contributed by atoms with Gasteiger partial charge in [0.25, 0.3) is 0 Å². The molecular formula is C63H46N2O. The molecule has 1 unspecified atom stereocenters. The molecule has 1 aliphatic rings. The minimum absolute atomic E-state index is 0.543. The number of hydrogen-bond acceptors (Lipinski definition) is 3. The first-order valence-electron chi connectivity index (χ1n) is 22.9. The molecule has 10 aromatic carbocycles. The van der Waals surface area contributed by atoms with E-state index in [0.29, 0.717) is 5.92 Å². The largest absolute Gasteiger partial charge is 0.455 e. The van der Waals surface area contributed by atoms with Gasteiger partial charge < -0.3 is 14.2 Å². The van der Waals surface area contributed by atoms with Gasteiger partial charge in [0.05, 0.1) is 0 Å². The molecule has 1 aromatic heterocycles. The molecule has 12 rings (SSSR count). The van der Waals surface area contributed by atoms with E-state index in [2.05, 4.69) is 259 Å². The molecule has 0 spiro atoms. The number of rotatable bonds is 9. The van der Waals surface area contributed by atoms with E-state index in [1.807, 2.05) is 0 Å². The summed E-state index contributed by atoms with van der Waals surface area (Å²) in [5.74, 6) is 0.543. The van der Waals surface area contributed by atoms with E-state index in [1.165, 1.54) is 38.4 Å². The zero-order valence-corrected chi connectivity index (χ0v) is 36.7. The molecule has 3 nitrogen and oxygen atoms in total. The smallest absolute Gasteiger partial charge is 0.143 e. The van der Waals surface area contributed by atoms with E-state index < -0.39 is 0 Å². The standard InChI is InChI=1S/C63H46N2O/c1-43-14-13-17-48(40-43)46-26-33-53(34-27-46)64(52-31-24-45(25-32-52)44-15-5-2-6-16-44)54-35-28-47(29-36-54)49-30-38-58-60(41-49)56-22-11-12-23-57(56)62-59-39-37-55(42-61(59)66-63(58)62)65(50-18-7-3-8-19-50)51-20-9-4-10-21-51/h2-13,15-43H,14H2,1H3. The molecule has 1 heterocycles. The second-order valence-electron chi connectivity index (χ2n) is 17.4. The van der Waals surface area contributed by atoms with Crippen molar-refractivity contribution in [3.8, 4) is 22.3 Å². The number of fused-ring (bicyclic) bond motifs is 8. The van der Waals surface area contributed by atoms with Gasteiger partial charge in [-0.1, -0.05) is 159 Å². The Morgan fingerprint density at radius 2 is 0.848 bits per heavy atom. The molecule has 0 bridgehead atoms. The predicted molar refractivity (Wildman–Crippen MR) is 280 cm³/mol. The van der Waals surface area contributed by atoms with Crippen molar-refractivity contribution in [2.45, 2.75) is 13.3 Å². The summed E-state index contributed by atoms with van der Waals surface area (Å²) in [6.45, 7) is 2.28. The molecule has 0 radical (unpaired) electrons. The van der Waals surface area contributed by atoms with Crippen LogP contribution < -0.4 is 9.80 Å². The van der Waals surface area contributed by atoms with Gasteiger partial charge >= 0.3 is 0 Å². The summed E-state index contributed by atoms with van der Waals surface area (Å²) in [6, 6.07) is 80.8. The molecule has 1 aliphatic carbocycles. The quantitative estimate of drug-likeness (QED) is 0.135. The van der Waals surface area contributed by atoms with Crippen molar-refractivity contribution >= 4 is 83.2 Å². The van der Waals surface area contributed by atoms with Crippen LogP contribution in [0.5, 0.6) is 0 Å². The van der Waals surface area contributed by atoms with Gasteiger partial charge in [0.15, 0.2) is 0 Å². The summed E-state index contributed by atoms with van der Waals surface area (Å²) in [6.07, 6.45) is 8.02. The molecule has 314 valence electrons. The van der Waals surface area contributed by atoms with Crippen LogP contribution in [-0.2, 0) is 0 Å². The third-order valence-corrected chi connectivity index (χ3v) is 13.1. The van der Waals surface area contributed by atoms with Crippen LogP contribution in [0, 0.1) is 5.92 Å². The first kappa shape index (κ1) is 39.2. The van der Waals surface area contributed by atoms with Crippen molar-refractivity contribution in [1.82, 2.24) is 0 Å². The lowest BCUT2D eigenvalue weighted by atomic mass is 9.93. The average molecular weight is 847 g/mol. The topological polar surface area (TPSA) is 19.6 Å². The monoisotopic (exact) mass is 846 g/mol. The van der Waals surface area contributed by atoms with E-state index in [1.54, 1.807) is 0 Å². The maximum Gasteiger partial charge on any atom is 0.143 e. The average Bonchev–Trinajstić information content (AvgIpc) is 3.77. The van der Waals surface area contributed by atoms with Crippen LogP contribution in [0.4, 0.5) is 34.1 Å². The number of anilines is 6. The van der Waals surface area contributed by atoms with E-state index in [4.69, 9.17) is 4.42 Å². The lowest BCUT2D eigenvalue weighted by Crippen LogP contribution is -2.10. The SMILES string of the molecule is CC1C=C(c2ccc(N(c3ccc(-c4ccccc4)cc3)c3ccc(-c4ccc5c(c4)c4ccccc4c4c6ccc(N(c7ccccc7)c7ccccc7)cc6oc54)cc3)cc2)C=CC1. The number of hydrogen-bond donors (Lipinski definition) is 0. The molecule has 0 fully saturated rings. The Hall–Kier alpha value is -8.40. The molecule has 0 amide bonds. The molecule has 0 aliphatic heterocycles. The van der Waals surface area contributed by atoms with Crippen LogP contribution in [0.1, 0.15) is 18.9 Å². The molecule has 0 saturated carbocycles. The van der Waals surface area contributed by atoms with Gasteiger partial charge in [0.1, 0.15) is 11.2 Å².